The zero-order chi connectivity index (χ0) is 16.9. The molecular weight excluding hydrogens is 329 g/mol. The summed E-state index contributed by atoms with van der Waals surface area (Å²) in [5.74, 6) is 0.483. The lowest BCUT2D eigenvalue weighted by Crippen LogP contribution is -2.47. The average molecular weight is 348 g/mol. The fraction of sp³-hybridized carbons (Fsp3) is 0.333. The fourth-order valence-corrected chi connectivity index (χ4v) is 3.00. The quantitative estimate of drug-likeness (QED) is 0.778. The highest BCUT2D eigenvalue weighted by Crippen LogP contribution is 2.18. The number of aromatic nitrogens is 1. The standard InChI is InChI=1S/C18H19ClFN3O/c19-15-13-14(4-5-16(15)20)17(24)6-8-22-9-11-23(12-10-22)18-3-1-2-7-21-18/h1-5,7,13H,6,8-12H2. The van der Waals surface area contributed by atoms with Gasteiger partial charge in [-0.2, -0.15) is 0 Å². The first-order chi connectivity index (χ1) is 11.6. The highest BCUT2D eigenvalue weighted by molar-refractivity contribution is 6.31. The molecule has 4 nitrogen and oxygen atoms in total. The van der Waals surface area contributed by atoms with Crippen LogP contribution in [-0.2, 0) is 0 Å². The van der Waals surface area contributed by atoms with E-state index in [0.717, 1.165) is 32.0 Å². The number of hydrogen-bond donors (Lipinski definition) is 0. The van der Waals surface area contributed by atoms with Gasteiger partial charge in [-0.25, -0.2) is 9.37 Å². The van der Waals surface area contributed by atoms with Crippen molar-refractivity contribution in [2.45, 2.75) is 6.42 Å². The van der Waals surface area contributed by atoms with E-state index in [9.17, 15) is 9.18 Å². The van der Waals surface area contributed by atoms with Gasteiger partial charge < -0.3 is 4.90 Å². The van der Waals surface area contributed by atoms with Crippen LogP contribution in [0.3, 0.4) is 0 Å². The molecule has 2 aromatic rings. The van der Waals surface area contributed by atoms with Gasteiger partial charge in [0.15, 0.2) is 5.78 Å². The van der Waals surface area contributed by atoms with E-state index in [4.69, 9.17) is 11.6 Å². The van der Waals surface area contributed by atoms with E-state index in [1.165, 1.54) is 18.2 Å². The molecule has 0 saturated carbocycles. The maximum atomic E-state index is 13.2. The molecule has 0 bridgehead atoms. The van der Waals surface area contributed by atoms with E-state index in [1.54, 1.807) is 6.20 Å². The van der Waals surface area contributed by atoms with Crippen molar-refractivity contribution in [2.24, 2.45) is 0 Å². The Labute approximate surface area is 145 Å². The zero-order valence-corrected chi connectivity index (χ0v) is 14.0. The topological polar surface area (TPSA) is 36.4 Å². The SMILES string of the molecule is O=C(CCN1CCN(c2ccccn2)CC1)c1ccc(F)c(Cl)c1. The Kier molecular flexibility index (Phi) is 5.43. The minimum absolute atomic E-state index is 0.00942. The summed E-state index contributed by atoms with van der Waals surface area (Å²) in [5, 5.41) is -0.00942. The summed E-state index contributed by atoms with van der Waals surface area (Å²) in [4.78, 5) is 21.1. The molecular formula is C18H19ClFN3O. The largest absolute Gasteiger partial charge is 0.354 e. The number of pyridine rings is 1. The van der Waals surface area contributed by atoms with Crippen LogP contribution in [0.25, 0.3) is 0 Å². The molecule has 0 aliphatic carbocycles. The van der Waals surface area contributed by atoms with E-state index >= 15 is 0 Å². The normalized spacial score (nSPS) is 15.5. The van der Waals surface area contributed by atoms with Crippen LogP contribution in [0.4, 0.5) is 10.2 Å². The van der Waals surface area contributed by atoms with Gasteiger partial charge in [-0.3, -0.25) is 9.69 Å². The van der Waals surface area contributed by atoms with E-state index < -0.39 is 5.82 Å². The summed E-state index contributed by atoms with van der Waals surface area (Å²) in [6.07, 6.45) is 2.21. The van der Waals surface area contributed by atoms with Crippen molar-refractivity contribution in [3.8, 4) is 0 Å². The molecule has 0 radical (unpaired) electrons. The Morgan fingerprint density at radius 3 is 2.62 bits per heavy atom. The molecule has 1 aliphatic rings. The Morgan fingerprint density at radius 2 is 1.96 bits per heavy atom. The lowest BCUT2D eigenvalue weighted by Gasteiger charge is -2.35. The number of anilines is 1. The number of carbonyl (C=O) groups excluding carboxylic acids is 1. The second kappa shape index (κ2) is 7.73. The smallest absolute Gasteiger partial charge is 0.164 e. The van der Waals surface area contributed by atoms with Crippen molar-refractivity contribution in [2.75, 3.05) is 37.6 Å². The van der Waals surface area contributed by atoms with Crippen LogP contribution in [-0.4, -0.2) is 48.4 Å². The number of halogens is 2. The maximum Gasteiger partial charge on any atom is 0.164 e. The Hall–Kier alpha value is -1.98. The van der Waals surface area contributed by atoms with Crippen LogP contribution in [0.1, 0.15) is 16.8 Å². The number of Topliss-reactive ketones (excluding diaryl/α,β-unsaturated/α-hetero) is 1. The van der Waals surface area contributed by atoms with Crippen LogP contribution in [0.15, 0.2) is 42.6 Å². The van der Waals surface area contributed by atoms with Gasteiger partial charge in [0.25, 0.3) is 0 Å². The van der Waals surface area contributed by atoms with E-state index in [2.05, 4.69) is 14.8 Å². The molecule has 24 heavy (non-hydrogen) atoms. The summed E-state index contributed by atoms with van der Waals surface area (Å²) in [7, 11) is 0. The number of benzene rings is 1. The number of hydrogen-bond acceptors (Lipinski definition) is 4. The maximum absolute atomic E-state index is 13.2. The average Bonchev–Trinajstić information content (AvgIpc) is 2.63. The third kappa shape index (κ3) is 4.10. The van der Waals surface area contributed by atoms with Crippen LogP contribution in [0, 0.1) is 5.82 Å². The van der Waals surface area contributed by atoms with Crippen molar-refractivity contribution in [3.63, 3.8) is 0 Å². The van der Waals surface area contributed by atoms with Crippen LogP contribution >= 0.6 is 11.6 Å². The number of piperazine rings is 1. The highest BCUT2D eigenvalue weighted by atomic mass is 35.5. The number of rotatable bonds is 5. The van der Waals surface area contributed by atoms with Gasteiger partial charge in [-0.15, -0.1) is 0 Å². The summed E-state index contributed by atoms with van der Waals surface area (Å²) in [6.45, 7) is 4.28. The fourth-order valence-electron chi connectivity index (χ4n) is 2.81. The monoisotopic (exact) mass is 347 g/mol. The zero-order valence-electron chi connectivity index (χ0n) is 13.3. The first kappa shape index (κ1) is 16.9. The Morgan fingerprint density at radius 1 is 1.17 bits per heavy atom. The number of ketones is 1. The second-order valence-corrected chi connectivity index (χ2v) is 6.23. The van der Waals surface area contributed by atoms with Crippen molar-refractivity contribution in [1.29, 1.82) is 0 Å². The van der Waals surface area contributed by atoms with Gasteiger partial charge in [0.1, 0.15) is 11.6 Å². The molecule has 3 rings (SSSR count). The predicted molar refractivity (Wildman–Crippen MR) is 93.2 cm³/mol. The lowest BCUT2D eigenvalue weighted by molar-refractivity contribution is 0.0962. The number of carbonyl (C=O) groups is 1. The van der Waals surface area contributed by atoms with Crippen molar-refractivity contribution in [3.05, 3.63) is 59.0 Å². The number of nitrogens with zero attached hydrogens (tertiary/aromatic N) is 3. The molecule has 0 spiro atoms. The first-order valence-electron chi connectivity index (χ1n) is 8.00. The molecule has 1 aromatic heterocycles. The Balaban J connectivity index is 1.48. The molecule has 0 unspecified atom stereocenters. The molecule has 6 heteroatoms. The molecule has 0 amide bonds. The predicted octanol–water partition coefficient (Wildman–Crippen LogP) is 3.27. The Bertz CT molecular complexity index is 703. The lowest BCUT2D eigenvalue weighted by atomic mass is 10.1. The van der Waals surface area contributed by atoms with Gasteiger partial charge in [-0.1, -0.05) is 17.7 Å². The third-order valence-electron chi connectivity index (χ3n) is 4.24. The minimum atomic E-state index is -0.501. The van der Waals surface area contributed by atoms with E-state index in [0.29, 0.717) is 18.5 Å². The minimum Gasteiger partial charge on any atom is -0.354 e. The highest BCUT2D eigenvalue weighted by Gasteiger charge is 2.18. The molecule has 0 atom stereocenters. The van der Waals surface area contributed by atoms with E-state index in [1.807, 2.05) is 18.2 Å². The van der Waals surface area contributed by atoms with Crippen LogP contribution in [0.2, 0.25) is 5.02 Å². The van der Waals surface area contributed by atoms with Crippen LogP contribution < -0.4 is 4.90 Å². The first-order valence-corrected chi connectivity index (χ1v) is 8.38. The summed E-state index contributed by atoms with van der Waals surface area (Å²) < 4.78 is 13.2. The molecule has 1 aliphatic heterocycles. The molecule has 1 fully saturated rings. The molecule has 1 saturated heterocycles. The summed E-state index contributed by atoms with van der Waals surface area (Å²) >= 11 is 5.73. The van der Waals surface area contributed by atoms with Gasteiger partial charge in [0, 0.05) is 50.9 Å². The molecule has 126 valence electrons. The van der Waals surface area contributed by atoms with Crippen molar-refractivity contribution < 1.29 is 9.18 Å². The second-order valence-electron chi connectivity index (χ2n) is 5.82. The van der Waals surface area contributed by atoms with Gasteiger partial charge >= 0.3 is 0 Å². The molecule has 0 N–H and O–H groups in total. The van der Waals surface area contributed by atoms with E-state index in [-0.39, 0.29) is 10.8 Å². The van der Waals surface area contributed by atoms with Gasteiger partial charge in [-0.05, 0) is 30.3 Å². The summed E-state index contributed by atoms with van der Waals surface area (Å²) in [6, 6.07) is 10.0. The van der Waals surface area contributed by atoms with Crippen molar-refractivity contribution >= 4 is 23.2 Å². The van der Waals surface area contributed by atoms with Gasteiger partial charge in [0.2, 0.25) is 0 Å². The van der Waals surface area contributed by atoms with Crippen molar-refractivity contribution in [1.82, 2.24) is 9.88 Å². The van der Waals surface area contributed by atoms with Gasteiger partial charge in [0.05, 0.1) is 5.02 Å². The molecule has 2 heterocycles. The third-order valence-corrected chi connectivity index (χ3v) is 4.53. The summed E-state index contributed by atoms with van der Waals surface area (Å²) in [5.41, 5.74) is 0.466. The van der Waals surface area contributed by atoms with Crippen LogP contribution in [0.5, 0.6) is 0 Å². The molecule has 1 aromatic carbocycles.